The Morgan fingerprint density at radius 1 is 0.721 bits per heavy atom. The second-order valence-electron chi connectivity index (χ2n) is 13.3. The minimum atomic E-state index is -5.73. The molecule has 0 nitrogen and oxygen atoms in total. The van der Waals surface area contributed by atoms with Crippen LogP contribution in [0.4, 0.5) is 0 Å². The van der Waals surface area contributed by atoms with E-state index in [1.54, 1.807) is 0 Å². The van der Waals surface area contributed by atoms with Gasteiger partial charge in [0, 0.05) is 0 Å². The molecule has 0 aliphatic heterocycles. The molecule has 4 aromatic carbocycles. The van der Waals surface area contributed by atoms with E-state index in [0.717, 1.165) is 32.1 Å². The van der Waals surface area contributed by atoms with Crippen LogP contribution in [0.2, 0.25) is 13.1 Å². The molecular weight excluding hydrogens is 659 g/mol. The van der Waals surface area contributed by atoms with Crippen molar-refractivity contribution in [2.75, 3.05) is 0 Å². The molecule has 0 amide bonds. The zero-order valence-electron chi connectivity index (χ0n) is 26.0. The Morgan fingerprint density at radius 2 is 1.42 bits per heavy atom. The third kappa shape index (κ3) is 4.53. The summed E-state index contributed by atoms with van der Waals surface area (Å²) in [7, 11) is 18.1. The molecule has 4 heteroatoms. The summed E-state index contributed by atoms with van der Waals surface area (Å²) in [6, 6.07) is 35.9. The molecule has 0 N–H and O–H groups in total. The average Bonchev–Trinajstić information content (AvgIpc) is 3.65. The SMILES string of the molecule is CCCCC1=Cc2c(-c3ccc(CCC)cc3)cccc2[CH]1[Zr]([Cl])([Cl])([c]1ccccc1)([CH]1C=Cc2ccccc21)[SiH](C)C. The van der Waals surface area contributed by atoms with Crippen LogP contribution in [0.15, 0.2) is 109 Å². The quantitative estimate of drug-likeness (QED) is 0.144. The monoisotopic (exact) mass is 700 g/mol. The summed E-state index contributed by atoms with van der Waals surface area (Å²) in [5.74, 6) is -1.84. The number of rotatable bonds is 10. The zero-order valence-corrected chi connectivity index (χ0v) is 31.1. The van der Waals surface area contributed by atoms with Crippen LogP contribution in [0.1, 0.15) is 74.6 Å². The second-order valence-corrected chi connectivity index (χ2v) is 64.4. The standard InChI is InChI=1S/C22H25.C9H7.C6H5.C2H7Si.2ClH.Zr/c1-3-5-8-18-15-20-9-6-10-21(22(20)16-18)19-13-11-17(7-4-2)12-14-19;1-2-5-9-7-3-6-8(9)4-1;1-2-4-6-5-3-1;1-3-2;;;/h6,9-16H,3-5,7-8H2,1-2H3;1-7H;1-5H;3H,1-2H3;2*1H;/q;;;;;;+2/p-2. The van der Waals surface area contributed by atoms with Gasteiger partial charge in [0.05, 0.1) is 0 Å². The van der Waals surface area contributed by atoms with Crippen LogP contribution in [0.25, 0.3) is 23.3 Å². The number of allylic oxidation sites excluding steroid dienone is 2. The van der Waals surface area contributed by atoms with Crippen molar-refractivity contribution in [3.05, 3.63) is 137 Å². The maximum atomic E-state index is 9.05. The van der Waals surface area contributed by atoms with Gasteiger partial charge in [-0.3, -0.25) is 0 Å². The van der Waals surface area contributed by atoms with E-state index >= 15 is 0 Å². The summed E-state index contributed by atoms with van der Waals surface area (Å²) in [6.45, 7) is 9.43. The van der Waals surface area contributed by atoms with Crippen molar-refractivity contribution in [2.24, 2.45) is 0 Å². The van der Waals surface area contributed by atoms with Gasteiger partial charge >= 0.3 is 266 Å². The summed E-state index contributed by atoms with van der Waals surface area (Å²) < 4.78 is 1.21. The first-order valence-corrected chi connectivity index (χ1v) is 33.8. The van der Waals surface area contributed by atoms with Gasteiger partial charge in [-0.05, 0) is 0 Å². The van der Waals surface area contributed by atoms with Crippen molar-refractivity contribution in [1.82, 2.24) is 0 Å². The van der Waals surface area contributed by atoms with Crippen molar-refractivity contribution in [3.63, 3.8) is 0 Å². The molecule has 222 valence electrons. The number of hydrogen-bond donors (Lipinski definition) is 0. The summed E-state index contributed by atoms with van der Waals surface area (Å²) in [5.41, 5.74) is 10.6. The Balaban J connectivity index is 1.68. The van der Waals surface area contributed by atoms with E-state index in [2.05, 4.69) is 142 Å². The number of unbranched alkanes of at least 4 members (excludes halogenated alkanes) is 1. The van der Waals surface area contributed by atoms with Gasteiger partial charge < -0.3 is 0 Å². The number of halogens is 2. The van der Waals surface area contributed by atoms with Crippen molar-refractivity contribution in [1.29, 1.82) is 0 Å². The third-order valence-corrected chi connectivity index (χ3v) is 78.1. The van der Waals surface area contributed by atoms with Crippen LogP contribution in [0.5, 0.6) is 0 Å². The van der Waals surface area contributed by atoms with Gasteiger partial charge in [-0.25, -0.2) is 0 Å². The summed E-state index contributed by atoms with van der Waals surface area (Å²) in [5, 5.41) is 0. The first-order chi connectivity index (χ1) is 20.7. The van der Waals surface area contributed by atoms with Gasteiger partial charge in [0.2, 0.25) is 0 Å². The molecule has 0 spiro atoms. The van der Waals surface area contributed by atoms with E-state index in [0.29, 0.717) is 0 Å². The molecule has 2 aliphatic rings. The van der Waals surface area contributed by atoms with Gasteiger partial charge in [0.15, 0.2) is 0 Å². The fraction of sp³-hybridized carbons (Fsp3) is 0.282. The normalized spacial score (nSPS) is 19.1. The van der Waals surface area contributed by atoms with Crippen LogP contribution < -0.4 is 3.27 Å². The van der Waals surface area contributed by atoms with Gasteiger partial charge in [-0.2, -0.15) is 0 Å². The number of benzene rings is 4. The Kier molecular flexibility index (Phi) is 8.26. The van der Waals surface area contributed by atoms with E-state index in [4.69, 9.17) is 17.0 Å². The summed E-state index contributed by atoms with van der Waals surface area (Å²) >= 11 is -5.73. The van der Waals surface area contributed by atoms with E-state index < -0.39 is 20.0 Å². The van der Waals surface area contributed by atoms with E-state index in [9.17, 15) is 0 Å². The third-order valence-electron chi connectivity index (χ3n) is 10.9. The Morgan fingerprint density at radius 3 is 2.12 bits per heavy atom. The molecule has 0 aromatic heterocycles. The molecule has 0 saturated heterocycles. The first-order valence-electron chi connectivity index (χ1n) is 16.2. The molecule has 2 atom stereocenters. The van der Waals surface area contributed by atoms with Crippen LogP contribution >= 0.6 is 17.0 Å². The molecule has 4 aromatic rings. The van der Waals surface area contributed by atoms with E-state index in [1.807, 2.05) is 0 Å². The number of aryl methyl sites for hydroxylation is 1. The average molecular weight is 703 g/mol. The topological polar surface area (TPSA) is 0 Å². The van der Waals surface area contributed by atoms with Crippen molar-refractivity contribution in [3.8, 4) is 11.1 Å². The van der Waals surface area contributed by atoms with Gasteiger partial charge in [0.25, 0.3) is 0 Å². The van der Waals surface area contributed by atoms with Crippen molar-refractivity contribution >= 4 is 38.4 Å². The summed E-state index contributed by atoms with van der Waals surface area (Å²) in [4.78, 5) is 0. The fourth-order valence-corrected chi connectivity index (χ4v) is 51.9. The first kappa shape index (κ1) is 31.0. The molecule has 2 unspecified atom stereocenters. The molecular formula is C39H44Cl2SiZr. The molecule has 2 aliphatic carbocycles. The molecule has 0 radical (unpaired) electrons. The van der Waals surface area contributed by atoms with Crippen molar-refractivity contribution < 1.29 is 14.1 Å². The zero-order chi connectivity index (χ0) is 30.3. The molecule has 6 rings (SSSR count). The predicted octanol–water partition coefficient (Wildman–Crippen LogP) is 11.5. The summed E-state index contributed by atoms with van der Waals surface area (Å²) in [6.07, 6.45) is 12.7. The molecule has 43 heavy (non-hydrogen) atoms. The number of hydrogen-bond acceptors (Lipinski definition) is 0. The van der Waals surface area contributed by atoms with Crippen LogP contribution in [-0.4, -0.2) is 5.92 Å². The van der Waals surface area contributed by atoms with E-state index in [1.165, 1.54) is 47.8 Å². The Hall–Kier alpha value is -1.96. The Labute approximate surface area is 264 Å². The second kappa shape index (κ2) is 11.4. The van der Waals surface area contributed by atoms with Crippen LogP contribution in [0, 0.1) is 0 Å². The fourth-order valence-electron chi connectivity index (χ4n) is 8.54. The minimum absolute atomic E-state index is 0.000251. The van der Waals surface area contributed by atoms with Crippen LogP contribution in [0.3, 0.4) is 0 Å². The van der Waals surface area contributed by atoms with Gasteiger partial charge in [-0.15, -0.1) is 0 Å². The number of fused-ring (bicyclic) bond motifs is 2. The van der Waals surface area contributed by atoms with E-state index in [-0.39, 0.29) is 7.25 Å². The van der Waals surface area contributed by atoms with Crippen LogP contribution in [-0.2, 0) is 20.5 Å². The molecule has 0 saturated carbocycles. The Bertz CT molecular complexity index is 1720. The molecule has 0 heterocycles. The molecule has 0 bridgehead atoms. The van der Waals surface area contributed by atoms with Gasteiger partial charge in [0.1, 0.15) is 0 Å². The molecule has 0 fully saturated rings. The maximum absolute atomic E-state index is 9.05. The predicted molar refractivity (Wildman–Crippen MR) is 191 cm³/mol. The van der Waals surface area contributed by atoms with Crippen molar-refractivity contribution in [2.45, 2.75) is 66.3 Å². The van der Waals surface area contributed by atoms with Gasteiger partial charge in [-0.1, -0.05) is 0 Å².